The number of carbonyl (C=O) groups is 2. The Morgan fingerprint density at radius 1 is 1.04 bits per heavy atom. The molecule has 1 aliphatic heterocycles. The average Bonchev–Trinajstić information content (AvgIpc) is 3.10. The molecule has 1 heterocycles. The Balaban J connectivity index is 1.61. The van der Waals surface area contributed by atoms with E-state index in [0.29, 0.717) is 23.5 Å². The summed E-state index contributed by atoms with van der Waals surface area (Å²) in [6.07, 6.45) is 1.21. The summed E-state index contributed by atoms with van der Waals surface area (Å²) >= 11 is 0. The zero-order chi connectivity index (χ0) is 16.9. The van der Waals surface area contributed by atoms with Gasteiger partial charge in [0.1, 0.15) is 11.9 Å². The number of rotatable bonds is 4. The second-order valence-corrected chi connectivity index (χ2v) is 5.53. The van der Waals surface area contributed by atoms with Crippen molar-refractivity contribution in [3.8, 4) is 0 Å². The number of carbonyl (C=O) groups excluding carboxylic acids is 2. The Bertz CT molecular complexity index is 740. The number of hydrogen-bond acceptors (Lipinski definition) is 3. The molecule has 1 atom stereocenters. The normalized spacial score (nSPS) is 16.6. The summed E-state index contributed by atoms with van der Waals surface area (Å²) in [6.45, 7) is 0.608. The van der Waals surface area contributed by atoms with Gasteiger partial charge in [0, 0.05) is 23.5 Å². The van der Waals surface area contributed by atoms with Gasteiger partial charge in [0.2, 0.25) is 0 Å². The maximum atomic E-state index is 13.1. The Morgan fingerprint density at radius 2 is 1.83 bits per heavy atom. The summed E-state index contributed by atoms with van der Waals surface area (Å²) in [5.74, 6) is -0.943. The van der Waals surface area contributed by atoms with Gasteiger partial charge in [0.05, 0.1) is 0 Å². The fourth-order valence-electron chi connectivity index (χ4n) is 2.48. The first-order valence-electron chi connectivity index (χ1n) is 7.71. The first-order valence-corrected chi connectivity index (χ1v) is 7.71. The van der Waals surface area contributed by atoms with Crippen molar-refractivity contribution < 1.29 is 18.7 Å². The van der Waals surface area contributed by atoms with E-state index in [1.165, 1.54) is 18.2 Å². The zero-order valence-electron chi connectivity index (χ0n) is 12.9. The van der Waals surface area contributed by atoms with E-state index in [4.69, 9.17) is 4.74 Å². The highest BCUT2D eigenvalue weighted by Gasteiger charge is 2.23. The minimum absolute atomic E-state index is 0.176. The standard InChI is InChI=1S/C18H17FN2O3/c19-13-3-1-4-15(11-13)21-17(22)12-6-8-14(9-7-12)20-18(23)16-5-2-10-24-16/h1,3-4,6-9,11,16H,2,5,10H2,(H,20,23)(H,21,22). The van der Waals surface area contributed by atoms with Crippen LogP contribution in [-0.2, 0) is 9.53 Å². The Hall–Kier alpha value is -2.73. The van der Waals surface area contributed by atoms with E-state index in [0.717, 1.165) is 12.8 Å². The highest BCUT2D eigenvalue weighted by molar-refractivity contribution is 6.04. The van der Waals surface area contributed by atoms with E-state index >= 15 is 0 Å². The van der Waals surface area contributed by atoms with Crippen LogP contribution >= 0.6 is 0 Å². The van der Waals surface area contributed by atoms with Gasteiger partial charge in [-0.15, -0.1) is 0 Å². The molecule has 0 aliphatic carbocycles. The average molecular weight is 328 g/mol. The molecule has 2 amide bonds. The van der Waals surface area contributed by atoms with Crippen LogP contribution in [0.4, 0.5) is 15.8 Å². The van der Waals surface area contributed by atoms with Crippen molar-refractivity contribution in [2.45, 2.75) is 18.9 Å². The molecule has 6 heteroatoms. The quantitative estimate of drug-likeness (QED) is 0.906. The van der Waals surface area contributed by atoms with Crippen LogP contribution in [0.1, 0.15) is 23.2 Å². The molecule has 0 bridgehead atoms. The third-order valence-electron chi connectivity index (χ3n) is 3.72. The smallest absolute Gasteiger partial charge is 0.255 e. The first-order chi connectivity index (χ1) is 11.6. The van der Waals surface area contributed by atoms with Crippen molar-refractivity contribution in [3.63, 3.8) is 0 Å². The van der Waals surface area contributed by atoms with E-state index in [2.05, 4.69) is 10.6 Å². The van der Waals surface area contributed by atoms with Gasteiger partial charge in [-0.2, -0.15) is 0 Å². The monoisotopic (exact) mass is 328 g/mol. The highest BCUT2D eigenvalue weighted by Crippen LogP contribution is 2.17. The Morgan fingerprint density at radius 3 is 2.50 bits per heavy atom. The van der Waals surface area contributed by atoms with Gasteiger partial charge in [0.15, 0.2) is 0 Å². The van der Waals surface area contributed by atoms with Crippen LogP contribution in [0.2, 0.25) is 0 Å². The van der Waals surface area contributed by atoms with Crippen LogP contribution in [-0.4, -0.2) is 24.5 Å². The van der Waals surface area contributed by atoms with E-state index in [1.54, 1.807) is 30.3 Å². The lowest BCUT2D eigenvalue weighted by molar-refractivity contribution is -0.124. The van der Waals surface area contributed by atoms with Crippen molar-refractivity contribution in [3.05, 3.63) is 59.9 Å². The third kappa shape index (κ3) is 3.97. The SMILES string of the molecule is O=C(Nc1cccc(F)c1)c1ccc(NC(=O)C2CCCO2)cc1. The molecule has 2 aromatic rings. The number of hydrogen-bond donors (Lipinski definition) is 2. The lowest BCUT2D eigenvalue weighted by atomic mass is 10.1. The van der Waals surface area contributed by atoms with Gasteiger partial charge in [-0.1, -0.05) is 6.07 Å². The topological polar surface area (TPSA) is 67.4 Å². The lowest BCUT2D eigenvalue weighted by Crippen LogP contribution is -2.26. The molecule has 0 radical (unpaired) electrons. The number of amides is 2. The molecule has 1 unspecified atom stereocenters. The van der Waals surface area contributed by atoms with E-state index in [9.17, 15) is 14.0 Å². The predicted molar refractivity (Wildman–Crippen MR) is 88.4 cm³/mol. The van der Waals surface area contributed by atoms with Crippen LogP contribution in [0.25, 0.3) is 0 Å². The van der Waals surface area contributed by atoms with Gasteiger partial charge in [-0.3, -0.25) is 9.59 Å². The van der Waals surface area contributed by atoms with Crippen molar-refractivity contribution in [2.75, 3.05) is 17.2 Å². The van der Waals surface area contributed by atoms with Crippen molar-refractivity contribution in [1.82, 2.24) is 0 Å². The van der Waals surface area contributed by atoms with Crippen molar-refractivity contribution in [2.24, 2.45) is 0 Å². The van der Waals surface area contributed by atoms with Gasteiger partial charge >= 0.3 is 0 Å². The molecule has 3 rings (SSSR count). The van der Waals surface area contributed by atoms with Crippen LogP contribution < -0.4 is 10.6 Å². The lowest BCUT2D eigenvalue weighted by Gasteiger charge is -2.11. The summed E-state index contributed by atoms with van der Waals surface area (Å²) in [7, 11) is 0. The van der Waals surface area contributed by atoms with Gasteiger partial charge < -0.3 is 15.4 Å². The highest BCUT2D eigenvalue weighted by atomic mass is 19.1. The Labute approximate surface area is 138 Å². The summed E-state index contributed by atoms with van der Waals surface area (Å²) in [6, 6.07) is 12.2. The third-order valence-corrected chi connectivity index (χ3v) is 3.72. The Kier molecular flexibility index (Phi) is 4.86. The number of nitrogens with one attached hydrogen (secondary N) is 2. The number of halogens is 1. The first kappa shape index (κ1) is 16.1. The molecule has 1 aliphatic rings. The van der Waals surface area contributed by atoms with Crippen LogP contribution in [0.15, 0.2) is 48.5 Å². The summed E-state index contributed by atoms with van der Waals surface area (Å²) in [4.78, 5) is 24.1. The van der Waals surface area contributed by atoms with Crippen molar-refractivity contribution in [1.29, 1.82) is 0 Å². The summed E-state index contributed by atoms with van der Waals surface area (Å²) < 4.78 is 18.4. The molecule has 24 heavy (non-hydrogen) atoms. The molecule has 2 N–H and O–H groups in total. The molecule has 0 saturated carbocycles. The second kappa shape index (κ2) is 7.23. The number of anilines is 2. The molecule has 1 fully saturated rings. The van der Waals surface area contributed by atoms with Crippen molar-refractivity contribution >= 4 is 23.2 Å². The molecule has 0 spiro atoms. The maximum Gasteiger partial charge on any atom is 0.255 e. The molecular formula is C18H17FN2O3. The van der Waals surface area contributed by atoms with Gasteiger partial charge in [-0.05, 0) is 55.3 Å². The molecule has 1 saturated heterocycles. The minimum Gasteiger partial charge on any atom is -0.368 e. The molecule has 5 nitrogen and oxygen atoms in total. The van der Waals surface area contributed by atoms with Gasteiger partial charge in [-0.25, -0.2) is 4.39 Å². The van der Waals surface area contributed by atoms with E-state index in [1.807, 2.05) is 0 Å². The van der Waals surface area contributed by atoms with Crippen LogP contribution in [0, 0.1) is 5.82 Å². The zero-order valence-corrected chi connectivity index (χ0v) is 12.9. The predicted octanol–water partition coefficient (Wildman–Crippen LogP) is 3.20. The molecule has 2 aromatic carbocycles. The van der Waals surface area contributed by atoms with E-state index in [-0.39, 0.29) is 11.8 Å². The summed E-state index contributed by atoms with van der Waals surface area (Å²) in [5.41, 5.74) is 1.39. The molecule has 0 aromatic heterocycles. The molecular weight excluding hydrogens is 311 g/mol. The van der Waals surface area contributed by atoms with Gasteiger partial charge in [0.25, 0.3) is 11.8 Å². The summed E-state index contributed by atoms with van der Waals surface area (Å²) in [5, 5.41) is 5.38. The minimum atomic E-state index is -0.417. The van der Waals surface area contributed by atoms with E-state index < -0.39 is 11.9 Å². The second-order valence-electron chi connectivity index (χ2n) is 5.53. The number of ether oxygens (including phenoxy) is 1. The fourth-order valence-corrected chi connectivity index (χ4v) is 2.48. The fraction of sp³-hybridized carbons (Fsp3) is 0.222. The number of benzene rings is 2. The maximum absolute atomic E-state index is 13.1. The largest absolute Gasteiger partial charge is 0.368 e. The van der Waals surface area contributed by atoms with Crippen LogP contribution in [0.5, 0.6) is 0 Å². The van der Waals surface area contributed by atoms with Crippen LogP contribution in [0.3, 0.4) is 0 Å². The molecule has 124 valence electrons.